The third-order valence-electron chi connectivity index (χ3n) is 6.12. The van der Waals surface area contributed by atoms with Crippen molar-refractivity contribution in [3.8, 4) is 11.8 Å². The standard InChI is InChI=1S/C24H23F3N4O2S/c1-23(2)21(32)30(16-6-4-15(12-28)19(11-16)24(25,26)27)22(34)31(23)17-7-9-20-14(10-17)5-8-18(33-20)13-29-3/h4,6-7,9-11,18,29H,5,8,13H2,1-3H3. The van der Waals surface area contributed by atoms with Gasteiger partial charge in [-0.3, -0.25) is 9.69 Å². The van der Waals surface area contributed by atoms with Crippen LogP contribution >= 0.6 is 12.2 Å². The SMILES string of the molecule is CNCC1CCc2cc(N3C(=S)N(c4ccc(C#N)c(C(F)(F)F)c4)C(=O)C3(C)C)ccc2O1. The highest BCUT2D eigenvalue weighted by Crippen LogP contribution is 2.41. The number of thiocarbonyl (C=S) groups is 1. The van der Waals surface area contributed by atoms with Crippen molar-refractivity contribution in [2.45, 2.75) is 44.5 Å². The van der Waals surface area contributed by atoms with Gasteiger partial charge in [-0.2, -0.15) is 18.4 Å². The first-order chi connectivity index (χ1) is 16.0. The van der Waals surface area contributed by atoms with Crippen LogP contribution in [0.3, 0.4) is 0 Å². The summed E-state index contributed by atoms with van der Waals surface area (Å²) < 4.78 is 46.6. The van der Waals surface area contributed by atoms with E-state index in [4.69, 9.17) is 22.2 Å². The van der Waals surface area contributed by atoms with E-state index in [1.54, 1.807) is 30.9 Å². The van der Waals surface area contributed by atoms with Gasteiger partial charge in [-0.05, 0) is 87.9 Å². The van der Waals surface area contributed by atoms with Crippen LogP contribution in [0.15, 0.2) is 36.4 Å². The lowest BCUT2D eigenvalue weighted by atomic mass is 9.99. The molecule has 178 valence electrons. The number of hydrogen-bond donors (Lipinski definition) is 1. The summed E-state index contributed by atoms with van der Waals surface area (Å²) in [6, 6.07) is 10.3. The number of rotatable bonds is 4. The molecule has 6 nitrogen and oxygen atoms in total. The van der Waals surface area contributed by atoms with Gasteiger partial charge in [0.1, 0.15) is 17.4 Å². The molecule has 2 aliphatic heterocycles. The molecule has 34 heavy (non-hydrogen) atoms. The average Bonchev–Trinajstić information content (AvgIpc) is 2.96. The number of aryl methyl sites for hydroxylation is 1. The Morgan fingerprint density at radius 2 is 1.94 bits per heavy atom. The number of anilines is 2. The Morgan fingerprint density at radius 1 is 1.24 bits per heavy atom. The van der Waals surface area contributed by atoms with Gasteiger partial charge in [0.25, 0.3) is 5.91 Å². The summed E-state index contributed by atoms with van der Waals surface area (Å²) in [5, 5.41) is 12.3. The van der Waals surface area contributed by atoms with Crippen LogP contribution < -0.4 is 19.9 Å². The van der Waals surface area contributed by atoms with Crippen LogP contribution in [0, 0.1) is 11.3 Å². The van der Waals surface area contributed by atoms with Gasteiger partial charge in [0.15, 0.2) is 5.11 Å². The van der Waals surface area contributed by atoms with Crippen molar-refractivity contribution in [2.24, 2.45) is 0 Å². The minimum absolute atomic E-state index is 0.0342. The Balaban J connectivity index is 1.71. The fraction of sp³-hybridized carbons (Fsp3) is 0.375. The smallest absolute Gasteiger partial charge is 0.417 e. The number of halogens is 3. The lowest BCUT2D eigenvalue weighted by Gasteiger charge is -2.32. The molecule has 1 amide bonds. The maximum Gasteiger partial charge on any atom is 0.417 e. The second-order valence-electron chi connectivity index (χ2n) is 8.79. The van der Waals surface area contributed by atoms with Gasteiger partial charge in [-0.25, -0.2) is 0 Å². The number of amides is 1. The van der Waals surface area contributed by atoms with Crippen molar-refractivity contribution in [1.29, 1.82) is 5.26 Å². The number of hydrogen-bond acceptors (Lipinski definition) is 5. The summed E-state index contributed by atoms with van der Waals surface area (Å²) in [6.45, 7) is 4.09. The van der Waals surface area contributed by atoms with Gasteiger partial charge in [0.2, 0.25) is 0 Å². The van der Waals surface area contributed by atoms with Gasteiger partial charge in [0.05, 0.1) is 22.9 Å². The first-order valence-corrected chi connectivity index (χ1v) is 11.1. The minimum atomic E-state index is -4.75. The zero-order chi connectivity index (χ0) is 24.8. The van der Waals surface area contributed by atoms with E-state index in [-0.39, 0.29) is 16.9 Å². The molecule has 2 aromatic rings. The quantitative estimate of drug-likeness (QED) is 0.644. The highest BCUT2D eigenvalue weighted by molar-refractivity contribution is 7.81. The summed E-state index contributed by atoms with van der Waals surface area (Å²) in [7, 11) is 1.87. The molecule has 1 unspecified atom stereocenters. The van der Waals surface area contributed by atoms with Crippen LogP contribution in [0.25, 0.3) is 0 Å². The van der Waals surface area contributed by atoms with E-state index >= 15 is 0 Å². The lowest BCUT2D eigenvalue weighted by Crippen LogP contribution is -2.44. The molecule has 2 heterocycles. The van der Waals surface area contributed by atoms with Gasteiger partial charge in [-0.1, -0.05) is 0 Å². The molecule has 4 rings (SSSR count). The maximum absolute atomic E-state index is 13.5. The van der Waals surface area contributed by atoms with Crippen molar-refractivity contribution in [2.75, 3.05) is 23.4 Å². The van der Waals surface area contributed by atoms with Crippen molar-refractivity contribution in [3.63, 3.8) is 0 Å². The Morgan fingerprint density at radius 3 is 2.59 bits per heavy atom. The number of fused-ring (bicyclic) bond motifs is 1. The molecule has 0 saturated carbocycles. The number of carbonyl (C=O) groups excluding carboxylic acids is 1. The fourth-order valence-corrected chi connectivity index (χ4v) is 4.92. The van der Waals surface area contributed by atoms with Gasteiger partial charge in [-0.15, -0.1) is 0 Å². The fourth-order valence-electron chi connectivity index (χ4n) is 4.40. The third kappa shape index (κ3) is 3.99. The molecule has 0 spiro atoms. The molecular weight excluding hydrogens is 465 g/mol. The highest BCUT2D eigenvalue weighted by atomic mass is 32.1. The van der Waals surface area contributed by atoms with E-state index in [1.165, 1.54) is 6.07 Å². The van der Waals surface area contributed by atoms with Crippen LogP contribution in [-0.4, -0.2) is 36.3 Å². The van der Waals surface area contributed by atoms with Crippen LogP contribution in [0.5, 0.6) is 5.75 Å². The van der Waals surface area contributed by atoms with Gasteiger partial charge in [0, 0.05) is 12.2 Å². The number of nitrogens with one attached hydrogen (secondary N) is 1. The van der Waals surface area contributed by atoms with Crippen molar-refractivity contribution in [3.05, 3.63) is 53.1 Å². The highest BCUT2D eigenvalue weighted by Gasteiger charge is 2.51. The topological polar surface area (TPSA) is 68.6 Å². The summed E-state index contributed by atoms with van der Waals surface area (Å²) in [4.78, 5) is 16.1. The summed E-state index contributed by atoms with van der Waals surface area (Å²) in [5.41, 5.74) is -1.16. The van der Waals surface area contributed by atoms with Gasteiger partial charge >= 0.3 is 6.18 Å². The van der Waals surface area contributed by atoms with E-state index in [1.807, 2.05) is 19.2 Å². The predicted octanol–water partition coefficient (Wildman–Crippen LogP) is 4.41. The molecule has 0 aliphatic carbocycles. The monoisotopic (exact) mass is 488 g/mol. The number of carbonyl (C=O) groups is 1. The summed E-state index contributed by atoms with van der Waals surface area (Å²) >= 11 is 5.60. The molecule has 0 radical (unpaired) electrons. The zero-order valence-electron chi connectivity index (χ0n) is 18.9. The molecule has 1 atom stereocenters. The molecule has 1 N–H and O–H groups in total. The zero-order valence-corrected chi connectivity index (χ0v) is 19.7. The van der Waals surface area contributed by atoms with Crippen LogP contribution in [0.2, 0.25) is 0 Å². The molecule has 10 heteroatoms. The maximum atomic E-state index is 13.5. The van der Waals surface area contributed by atoms with Crippen LogP contribution in [-0.2, 0) is 17.4 Å². The molecular formula is C24H23F3N4O2S. The van der Waals surface area contributed by atoms with E-state index < -0.39 is 28.7 Å². The Labute approximate surface area is 200 Å². The first kappa shape index (κ1) is 24.0. The minimum Gasteiger partial charge on any atom is -0.489 e. The number of nitrogens with zero attached hydrogens (tertiary/aromatic N) is 3. The van der Waals surface area contributed by atoms with Crippen molar-refractivity contribution < 1.29 is 22.7 Å². The lowest BCUT2D eigenvalue weighted by molar-refractivity contribution is -0.137. The summed E-state index contributed by atoms with van der Waals surface area (Å²) in [5.74, 6) is 0.307. The van der Waals surface area contributed by atoms with E-state index in [2.05, 4.69) is 5.32 Å². The average molecular weight is 489 g/mol. The number of benzene rings is 2. The summed E-state index contributed by atoms with van der Waals surface area (Å²) in [6.07, 6.45) is -3.05. The van der Waals surface area contributed by atoms with Gasteiger partial charge < -0.3 is 15.0 Å². The van der Waals surface area contributed by atoms with Crippen molar-refractivity contribution >= 4 is 34.6 Å². The first-order valence-electron chi connectivity index (χ1n) is 10.7. The van der Waals surface area contributed by atoms with Crippen LogP contribution in [0.1, 0.15) is 37.0 Å². The second kappa shape index (κ2) is 8.56. The third-order valence-corrected chi connectivity index (χ3v) is 6.48. The molecule has 2 aliphatic rings. The van der Waals surface area contributed by atoms with E-state index in [0.717, 1.165) is 47.7 Å². The Kier molecular flexibility index (Phi) is 6.04. The number of alkyl halides is 3. The number of nitriles is 1. The molecule has 1 fully saturated rings. The predicted molar refractivity (Wildman–Crippen MR) is 126 cm³/mol. The number of likely N-dealkylation sites (N-methyl/N-ethyl adjacent to an activating group) is 1. The Bertz CT molecular complexity index is 1210. The molecule has 0 bridgehead atoms. The number of ether oxygens (including phenoxy) is 1. The second-order valence-corrected chi connectivity index (χ2v) is 9.15. The largest absolute Gasteiger partial charge is 0.489 e. The molecule has 0 aromatic heterocycles. The Hall–Kier alpha value is -3.16. The van der Waals surface area contributed by atoms with Crippen molar-refractivity contribution in [1.82, 2.24) is 5.32 Å². The molecule has 1 saturated heterocycles. The van der Waals surface area contributed by atoms with E-state index in [0.29, 0.717) is 5.69 Å². The van der Waals surface area contributed by atoms with Crippen LogP contribution in [0.4, 0.5) is 24.5 Å². The molecule has 2 aromatic carbocycles. The normalized spacial score (nSPS) is 19.6. The van der Waals surface area contributed by atoms with E-state index in [9.17, 15) is 18.0 Å².